The first kappa shape index (κ1) is 11.6. The molecule has 0 saturated carbocycles. The molecule has 90 valence electrons. The van der Waals surface area contributed by atoms with Crippen molar-refractivity contribution < 1.29 is 14.3 Å². The maximum Gasteiger partial charge on any atom is 0.230 e. The van der Waals surface area contributed by atoms with Crippen LogP contribution in [0.4, 0.5) is 0 Å². The summed E-state index contributed by atoms with van der Waals surface area (Å²) >= 11 is 0. The molecule has 1 heterocycles. The second-order valence-corrected chi connectivity index (χ2v) is 4.28. The Bertz CT molecular complexity index is 438. The fourth-order valence-electron chi connectivity index (χ4n) is 2.12. The number of hydrogen-bond donors (Lipinski definition) is 1. The van der Waals surface area contributed by atoms with Crippen molar-refractivity contribution in [2.24, 2.45) is 5.92 Å². The average molecular weight is 233 g/mol. The van der Waals surface area contributed by atoms with Gasteiger partial charge >= 0.3 is 0 Å². The zero-order valence-corrected chi connectivity index (χ0v) is 9.90. The van der Waals surface area contributed by atoms with Crippen LogP contribution in [0, 0.1) is 5.92 Å². The second-order valence-electron chi connectivity index (χ2n) is 4.28. The summed E-state index contributed by atoms with van der Waals surface area (Å²) in [7, 11) is 1.61. The minimum atomic E-state index is -0.254. The van der Waals surface area contributed by atoms with Gasteiger partial charge in [0.2, 0.25) is 11.8 Å². The molecule has 2 unspecified atom stereocenters. The lowest BCUT2D eigenvalue weighted by Crippen LogP contribution is -2.24. The number of amides is 2. The van der Waals surface area contributed by atoms with Crippen LogP contribution < -0.4 is 10.1 Å². The van der Waals surface area contributed by atoms with E-state index < -0.39 is 0 Å². The summed E-state index contributed by atoms with van der Waals surface area (Å²) in [6.45, 7) is 1.96. The van der Waals surface area contributed by atoms with Gasteiger partial charge in [0, 0.05) is 6.42 Å². The molecule has 0 aliphatic carbocycles. The molecule has 1 aliphatic heterocycles. The molecule has 4 nitrogen and oxygen atoms in total. The highest BCUT2D eigenvalue weighted by atomic mass is 16.5. The number of benzene rings is 1. The number of rotatable bonds is 3. The molecule has 1 saturated heterocycles. The predicted molar refractivity (Wildman–Crippen MR) is 62.7 cm³/mol. The summed E-state index contributed by atoms with van der Waals surface area (Å²) < 4.78 is 5.08. The van der Waals surface area contributed by atoms with Crippen LogP contribution in [0.3, 0.4) is 0 Å². The maximum absolute atomic E-state index is 11.6. The van der Waals surface area contributed by atoms with Crippen LogP contribution in [0.1, 0.15) is 24.8 Å². The summed E-state index contributed by atoms with van der Waals surface area (Å²) in [5.74, 6) is 0.217. The Morgan fingerprint density at radius 1 is 1.29 bits per heavy atom. The molecule has 1 aromatic carbocycles. The molecular weight excluding hydrogens is 218 g/mol. The third-order valence-corrected chi connectivity index (χ3v) is 3.25. The molecule has 1 aromatic rings. The van der Waals surface area contributed by atoms with Gasteiger partial charge in [-0.2, -0.15) is 0 Å². The first-order valence-electron chi connectivity index (χ1n) is 5.59. The number of methoxy groups -OCH3 is 1. The number of hydrogen-bond acceptors (Lipinski definition) is 3. The van der Waals surface area contributed by atoms with Gasteiger partial charge in [0.1, 0.15) is 5.75 Å². The zero-order chi connectivity index (χ0) is 12.4. The fraction of sp³-hybridized carbons (Fsp3) is 0.385. The Hall–Kier alpha value is -1.84. The van der Waals surface area contributed by atoms with Gasteiger partial charge in [-0.1, -0.05) is 19.1 Å². The van der Waals surface area contributed by atoms with Gasteiger partial charge in [0.15, 0.2) is 0 Å². The summed E-state index contributed by atoms with van der Waals surface area (Å²) in [6.07, 6.45) is 0.284. The molecule has 1 fully saturated rings. The van der Waals surface area contributed by atoms with Crippen molar-refractivity contribution in [1.29, 1.82) is 0 Å². The molecule has 2 amide bonds. The SMILES string of the molecule is COc1ccc(C(C)C2CC(=O)NC2=O)cc1. The molecular formula is C13H15NO3. The third kappa shape index (κ3) is 2.30. The van der Waals surface area contributed by atoms with Gasteiger partial charge in [-0.15, -0.1) is 0 Å². The van der Waals surface area contributed by atoms with Crippen molar-refractivity contribution in [3.63, 3.8) is 0 Å². The molecule has 4 heteroatoms. The van der Waals surface area contributed by atoms with E-state index in [0.29, 0.717) is 0 Å². The monoisotopic (exact) mass is 233 g/mol. The first-order valence-corrected chi connectivity index (χ1v) is 5.59. The highest BCUT2D eigenvalue weighted by molar-refractivity contribution is 6.03. The second kappa shape index (κ2) is 4.57. The van der Waals surface area contributed by atoms with E-state index in [4.69, 9.17) is 4.74 Å². The van der Waals surface area contributed by atoms with Crippen molar-refractivity contribution in [3.05, 3.63) is 29.8 Å². The third-order valence-electron chi connectivity index (χ3n) is 3.25. The first-order chi connectivity index (χ1) is 8.11. The Labute approximate surface area is 100.0 Å². The quantitative estimate of drug-likeness (QED) is 0.804. The van der Waals surface area contributed by atoms with E-state index in [1.807, 2.05) is 31.2 Å². The van der Waals surface area contributed by atoms with Crippen molar-refractivity contribution in [2.45, 2.75) is 19.3 Å². The van der Waals surface area contributed by atoms with Gasteiger partial charge in [-0.25, -0.2) is 0 Å². The van der Waals surface area contributed by atoms with Crippen LogP contribution in [-0.2, 0) is 9.59 Å². The zero-order valence-electron chi connectivity index (χ0n) is 9.90. The fourth-order valence-corrected chi connectivity index (χ4v) is 2.12. The molecule has 0 bridgehead atoms. The minimum absolute atomic E-state index is 0.0346. The highest BCUT2D eigenvalue weighted by Crippen LogP contribution is 2.30. The standard InChI is InChI=1S/C13H15NO3/c1-8(11-7-12(15)14-13(11)16)9-3-5-10(17-2)6-4-9/h3-6,8,11H,7H2,1-2H3,(H,14,15,16). The molecule has 0 spiro atoms. The number of nitrogens with one attached hydrogen (secondary N) is 1. The molecule has 2 rings (SSSR count). The number of carbonyl (C=O) groups is 2. The Morgan fingerprint density at radius 3 is 2.41 bits per heavy atom. The molecule has 17 heavy (non-hydrogen) atoms. The van der Waals surface area contributed by atoms with Crippen LogP contribution in [0.2, 0.25) is 0 Å². The van der Waals surface area contributed by atoms with Crippen molar-refractivity contribution in [2.75, 3.05) is 7.11 Å². The summed E-state index contributed by atoms with van der Waals surface area (Å²) in [5.41, 5.74) is 1.04. The smallest absolute Gasteiger partial charge is 0.230 e. The Kier molecular flexibility index (Phi) is 3.13. The average Bonchev–Trinajstić information content (AvgIpc) is 2.68. The highest BCUT2D eigenvalue weighted by Gasteiger charge is 2.35. The normalized spacial score (nSPS) is 21.2. The van der Waals surface area contributed by atoms with Gasteiger partial charge in [-0.05, 0) is 23.6 Å². The predicted octanol–water partition coefficient (Wildman–Crippen LogP) is 1.46. The van der Waals surface area contributed by atoms with Crippen LogP contribution in [0.15, 0.2) is 24.3 Å². The topological polar surface area (TPSA) is 55.4 Å². The lowest BCUT2D eigenvalue weighted by Gasteiger charge is -2.16. The van der Waals surface area contributed by atoms with E-state index in [1.165, 1.54) is 0 Å². The lowest BCUT2D eigenvalue weighted by atomic mass is 9.86. The number of ether oxygens (including phenoxy) is 1. The molecule has 1 N–H and O–H groups in total. The van der Waals surface area contributed by atoms with E-state index in [0.717, 1.165) is 11.3 Å². The lowest BCUT2D eigenvalue weighted by molar-refractivity contribution is -0.126. The molecule has 2 atom stereocenters. The number of imide groups is 1. The van der Waals surface area contributed by atoms with Gasteiger partial charge in [0.05, 0.1) is 13.0 Å². The number of carbonyl (C=O) groups excluding carboxylic acids is 2. The summed E-state index contributed by atoms with van der Waals surface area (Å²) in [6, 6.07) is 7.58. The summed E-state index contributed by atoms with van der Waals surface area (Å²) in [5, 5.41) is 2.34. The van der Waals surface area contributed by atoms with Crippen LogP contribution >= 0.6 is 0 Å². The van der Waals surface area contributed by atoms with E-state index in [-0.39, 0.29) is 30.1 Å². The van der Waals surface area contributed by atoms with E-state index in [1.54, 1.807) is 7.11 Å². The summed E-state index contributed by atoms with van der Waals surface area (Å²) in [4.78, 5) is 22.7. The minimum Gasteiger partial charge on any atom is -0.497 e. The van der Waals surface area contributed by atoms with E-state index in [2.05, 4.69) is 5.32 Å². The van der Waals surface area contributed by atoms with Gasteiger partial charge in [0.25, 0.3) is 0 Å². The van der Waals surface area contributed by atoms with Gasteiger partial charge in [-0.3, -0.25) is 14.9 Å². The van der Waals surface area contributed by atoms with Crippen molar-refractivity contribution in [1.82, 2.24) is 5.32 Å². The van der Waals surface area contributed by atoms with E-state index in [9.17, 15) is 9.59 Å². The largest absolute Gasteiger partial charge is 0.497 e. The van der Waals surface area contributed by atoms with Crippen LogP contribution in [0.5, 0.6) is 5.75 Å². The maximum atomic E-state index is 11.6. The molecule has 0 radical (unpaired) electrons. The molecule has 1 aliphatic rings. The Morgan fingerprint density at radius 2 is 1.94 bits per heavy atom. The van der Waals surface area contributed by atoms with Crippen molar-refractivity contribution in [3.8, 4) is 5.75 Å². The van der Waals surface area contributed by atoms with Gasteiger partial charge < -0.3 is 4.74 Å². The van der Waals surface area contributed by atoms with E-state index >= 15 is 0 Å². The molecule has 0 aromatic heterocycles. The van der Waals surface area contributed by atoms with Crippen LogP contribution in [-0.4, -0.2) is 18.9 Å². The van der Waals surface area contributed by atoms with Crippen LogP contribution in [0.25, 0.3) is 0 Å². The van der Waals surface area contributed by atoms with Crippen molar-refractivity contribution >= 4 is 11.8 Å². The Balaban J connectivity index is 2.16.